The minimum absolute atomic E-state index is 0.0586. The van der Waals surface area contributed by atoms with E-state index in [9.17, 15) is 22.8 Å². The van der Waals surface area contributed by atoms with Crippen molar-refractivity contribution in [3.63, 3.8) is 0 Å². The highest BCUT2D eigenvalue weighted by atomic mass is 32.2. The summed E-state index contributed by atoms with van der Waals surface area (Å²) in [5.41, 5.74) is 1.54. The number of carbonyl (C=O) groups excluding carboxylic acids is 2. The zero-order valence-corrected chi connectivity index (χ0v) is 15.3. The number of nitrogens with zero attached hydrogens (tertiary/aromatic N) is 1. The van der Waals surface area contributed by atoms with Crippen molar-refractivity contribution in [2.75, 3.05) is 6.61 Å². The van der Waals surface area contributed by atoms with E-state index in [-0.39, 0.29) is 10.7 Å². The molecule has 1 aliphatic heterocycles. The van der Waals surface area contributed by atoms with Crippen LogP contribution in [-0.2, 0) is 4.79 Å². The van der Waals surface area contributed by atoms with Crippen molar-refractivity contribution in [3.05, 3.63) is 53.4 Å². The molecule has 3 heterocycles. The first kappa shape index (κ1) is 19.1. The normalized spacial score (nSPS) is 15.9. The zero-order valence-electron chi connectivity index (χ0n) is 14.4. The molecule has 1 saturated heterocycles. The molecule has 0 spiro atoms. The maximum atomic E-state index is 12.4. The molecule has 0 saturated carbocycles. The number of pyridine rings is 1. The molecule has 4 rings (SSSR count). The van der Waals surface area contributed by atoms with Crippen LogP contribution in [0.5, 0.6) is 5.75 Å². The highest BCUT2D eigenvalue weighted by Crippen LogP contribution is 2.34. The van der Waals surface area contributed by atoms with Crippen molar-refractivity contribution in [2.45, 2.75) is 6.18 Å². The van der Waals surface area contributed by atoms with E-state index in [1.165, 1.54) is 24.4 Å². The predicted octanol–water partition coefficient (Wildman–Crippen LogP) is 4.76. The molecule has 0 radical (unpaired) electrons. The molecule has 1 aromatic carbocycles. The first-order valence-electron chi connectivity index (χ1n) is 8.21. The maximum absolute atomic E-state index is 12.4. The van der Waals surface area contributed by atoms with E-state index in [4.69, 9.17) is 9.15 Å². The monoisotopic (exact) mass is 420 g/mol. The third-order valence-electron chi connectivity index (χ3n) is 3.90. The lowest BCUT2D eigenvalue weighted by atomic mass is 10.1. The van der Waals surface area contributed by atoms with Crippen LogP contribution in [0.1, 0.15) is 5.76 Å². The molecular formula is C19H11F3N2O4S. The highest BCUT2D eigenvalue weighted by Gasteiger charge is 2.28. The molecule has 1 aliphatic rings. The predicted molar refractivity (Wildman–Crippen MR) is 100 cm³/mol. The number of alkyl halides is 3. The van der Waals surface area contributed by atoms with Gasteiger partial charge in [0.2, 0.25) is 0 Å². The van der Waals surface area contributed by atoms with E-state index in [2.05, 4.69) is 10.3 Å². The summed E-state index contributed by atoms with van der Waals surface area (Å²) in [6.45, 7) is -1.39. The number of fused-ring (bicyclic) bond motifs is 1. The van der Waals surface area contributed by atoms with Crippen LogP contribution in [0.25, 0.3) is 28.2 Å². The molecular weight excluding hydrogens is 409 g/mol. The summed E-state index contributed by atoms with van der Waals surface area (Å²) < 4.78 is 47.8. The van der Waals surface area contributed by atoms with Gasteiger partial charge in [0.15, 0.2) is 6.61 Å². The Morgan fingerprint density at radius 1 is 1.21 bits per heavy atom. The zero-order chi connectivity index (χ0) is 20.6. The molecule has 1 fully saturated rings. The summed E-state index contributed by atoms with van der Waals surface area (Å²) >= 11 is 0.766. The van der Waals surface area contributed by atoms with Gasteiger partial charge in [0.25, 0.3) is 11.1 Å². The number of hydrogen-bond donors (Lipinski definition) is 1. The highest BCUT2D eigenvalue weighted by molar-refractivity contribution is 8.18. The van der Waals surface area contributed by atoms with E-state index in [1.807, 2.05) is 0 Å². The van der Waals surface area contributed by atoms with Gasteiger partial charge in [-0.05, 0) is 35.5 Å². The lowest BCUT2D eigenvalue weighted by molar-refractivity contribution is -0.153. The largest absolute Gasteiger partial charge is 0.484 e. The van der Waals surface area contributed by atoms with Gasteiger partial charge in [0.1, 0.15) is 17.1 Å². The number of hydrogen-bond acceptors (Lipinski definition) is 6. The Labute approximate surface area is 165 Å². The first-order valence-corrected chi connectivity index (χ1v) is 9.02. The third-order valence-corrected chi connectivity index (χ3v) is 4.72. The molecule has 0 bridgehead atoms. The SMILES string of the molecule is O=C1NC(=O)/C(=C/c2cc3cncc(-c4cccc(OCC(F)(F)F)c4)c3o2)S1. The Morgan fingerprint density at radius 3 is 2.76 bits per heavy atom. The van der Waals surface area contributed by atoms with Gasteiger partial charge in [-0.2, -0.15) is 13.2 Å². The summed E-state index contributed by atoms with van der Waals surface area (Å²) in [6.07, 6.45) is 0.0813. The number of ether oxygens (including phenoxy) is 1. The Bertz CT molecular complexity index is 1150. The third kappa shape index (κ3) is 4.27. The second kappa shape index (κ2) is 7.28. The number of thioether (sulfide) groups is 1. The van der Waals surface area contributed by atoms with E-state index in [1.54, 1.807) is 24.4 Å². The Balaban J connectivity index is 1.68. The van der Waals surface area contributed by atoms with Gasteiger partial charge in [-0.25, -0.2) is 0 Å². The van der Waals surface area contributed by atoms with E-state index in [0.717, 1.165) is 11.8 Å². The smallest absolute Gasteiger partial charge is 0.422 e. The Hall–Kier alpha value is -3.27. The number of imide groups is 1. The van der Waals surface area contributed by atoms with Gasteiger partial charge >= 0.3 is 6.18 Å². The van der Waals surface area contributed by atoms with Crippen LogP contribution in [0.2, 0.25) is 0 Å². The number of furan rings is 1. The fourth-order valence-corrected chi connectivity index (χ4v) is 3.39. The topological polar surface area (TPSA) is 81.4 Å². The van der Waals surface area contributed by atoms with Crippen molar-refractivity contribution < 1.29 is 31.9 Å². The molecule has 3 aromatic rings. The molecule has 10 heteroatoms. The maximum Gasteiger partial charge on any atom is 0.422 e. The second-order valence-corrected chi connectivity index (χ2v) is 7.05. The van der Waals surface area contributed by atoms with Gasteiger partial charge < -0.3 is 9.15 Å². The number of benzene rings is 1. The molecule has 29 heavy (non-hydrogen) atoms. The van der Waals surface area contributed by atoms with E-state index < -0.39 is 23.9 Å². The van der Waals surface area contributed by atoms with Crippen molar-refractivity contribution in [1.82, 2.24) is 10.3 Å². The molecule has 1 N–H and O–H groups in total. The first-order chi connectivity index (χ1) is 13.8. The minimum atomic E-state index is -4.44. The van der Waals surface area contributed by atoms with Crippen molar-refractivity contribution in [3.8, 4) is 16.9 Å². The quantitative estimate of drug-likeness (QED) is 0.613. The van der Waals surface area contributed by atoms with Gasteiger partial charge in [-0.15, -0.1) is 0 Å². The van der Waals surface area contributed by atoms with Crippen LogP contribution < -0.4 is 10.1 Å². The van der Waals surface area contributed by atoms with Crippen molar-refractivity contribution >= 4 is 40.0 Å². The van der Waals surface area contributed by atoms with Crippen molar-refractivity contribution in [1.29, 1.82) is 0 Å². The molecule has 6 nitrogen and oxygen atoms in total. The van der Waals surface area contributed by atoms with Crippen LogP contribution >= 0.6 is 11.8 Å². The fourth-order valence-electron chi connectivity index (χ4n) is 2.73. The number of aromatic nitrogens is 1. The van der Waals surface area contributed by atoms with Crippen LogP contribution in [0.15, 0.2) is 52.0 Å². The number of carbonyl (C=O) groups is 2. The fraction of sp³-hybridized carbons (Fsp3) is 0.105. The average molecular weight is 420 g/mol. The number of nitrogens with one attached hydrogen (secondary N) is 1. The summed E-state index contributed by atoms with van der Waals surface area (Å²) in [5, 5.41) is 2.32. The van der Waals surface area contributed by atoms with Gasteiger partial charge in [-0.1, -0.05) is 12.1 Å². The Kier molecular flexibility index (Phi) is 4.79. The molecule has 0 atom stereocenters. The molecule has 0 aliphatic carbocycles. The van der Waals surface area contributed by atoms with E-state index in [0.29, 0.717) is 27.9 Å². The second-order valence-electron chi connectivity index (χ2n) is 6.04. The summed E-state index contributed by atoms with van der Waals surface area (Å²) in [6, 6.07) is 7.79. The van der Waals surface area contributed by atoms with Crippen molar-refractivity contribution in [2.24, 2.45) is 0 Å². The lowest BCUT2D eigenvalue weighted by Crippen LogP contribution is -2.19. The summed E-state index contributed by atoms with van der Waals surface area (Å²) in [4.78, 5) is 27.3. The molecule has 148 valence electrons. The Morgan fingerprint density at radius 2 is 2.03 bits per heavy atom. The van der Waals surface area contributed by atoms with Gasteiger partial charge in [-0.3, -0.25) is 19.9 Å². The average Bonchev–Trinajstić information content (AvgIpc) is 3.21. The van der Waals surface area contributed by atoms with Crippen LogP contribution in [0.4, 0.5) is 18.0 Å². The molecule has 0 unspecified atom stereocenters. The van der Waals surface area contributed by atoms with E-state index >= 15 is 0 Å². The molecule has 2 amide bonds. The lowest BCUT2D eigenvalue weighted by Gasteiger charge is -2.10. The van der Waals surface area contributed by atoms with Crippen LogP contribution in [-0.4, -0.2) is 28.9 Å². The molecule has 2 aromatic heterocycles. The number of amides is 2. The number of halogens is 3. The van der Waals surface area contributed by atoms with Crippen LogP contribution in [0, 0.1) is 0 Å². The van der Waals surface area contributed by atoms with Crippen LogP contribution in [0.3, 0.4) is 0 Å². The number of rotatable bonds is 4. The summed E-state index contributed by atoms with van der Waals surface area (Å²) in [5.74, 6) is -0.109. The minimum Gasteiger partial charge on any atom is -0.484 e. The van der Waals surface area contributed by atoms with Gasteiger partial charge in [0, 0.05) is 29.4 Å². The standard InChI is InChI=1S/C19H11F3N2O4S/c20-19(21,22)9-27-12-3-1-2-10(4-12)14-8-23-7-11-5-13(28-16(11)14)6-15-17(25)24-18(26)29-15/h1-8H,9H2,(H,24,25,26)/b15-6-. The van der Waals surface area contributed by atoms with Gasteiger partial charge in [0.05, 0.1) is 4.91 Å². The summed E-state index contributed by atoms with van der Waals surface area (Å²) in [7, 11) is 0.